The Morgan fingerprint density at radius 1 is 1.44 bits per heavy atom. The molecule has 0 amide bonds. The van der Waals surface area contributed by atoms with Gasteiger partial charge in [-0.2, -0.15) is 5.10 Å². The van der Waals surface area contributed by atoms with Gasteiger partial charge in [0.25, 0.3) is 0 Å². The van der Waals surface area contributed by atoms with Crippen molar-refractivity contribution in [1.29, 1.82) is 0 Å². The first kappa shape index (κ1) is 11.6. The van der Waals surface area contributed by atoms with Gasteiger partial charge in [0.05, 0.1) is 16.7 Å². The molecule has 0 spiro atoms. The van der Waals surface area contributed by atoms with Gasteiger partial charge in [0.15, 0.2) is 0 Å². The zero-order valence-electron chi connectivity index (χ0n) is 10.1. The second kappa shape index (κ2) is 4.68. The number of anilines is 1. The van der Waals surface area contributed by atoms with Gasteiger partial charge in [-0.05, 0) is 35.3 Å². The van der Waals surface area contributed by atoms with Crippen molar-refractivity contribution in [3.8, 4) is 0 Å². The van der Waals surface area contributed by atoms with Crippen LogP contribution in [0.25, 0.3) is 0 Å². The minimum absolute atomic E-state index is 0.403. The van der Waals surface area contributed by atoms with Gasteiger partial charge in [0, 0.05) is 31.2 Å². The van der Waals surface area contributed by atoms with Crippen LogP contribution in [0, 0.1) is 6.92 Å². The maximum atomic E-state index is 4.46. The fourth-order valence-electron chi connectivity index (χ4n) is 2.24. The molecule has 6 heteroatoms. The van der Waals surface area contributed by atoms with Crippen molar-refractivity contribution < 1.29 is 0 Å². The summed E-state index contributed by atoms with van der Waals surface area (Å²) in [7, 11) is 0. The molecule has 18 heavy (non-hydrogen) atoms. The maximum Gasteiger partial charge on any atom is 0.225 e. The third kappa shape index (κ3) is 2.25. The zero-order chi connectivity index (χ0) is 12.5. The van der Waals surface area contributed by atoms with Crippen molar-refractivity contribution in [2.24, 2.45) is 0 Å². The van der Waals surface area contributed by atoms with Crippen LogP contribution in [0.2, 0.25) is 0 Å². The molecule has 0 N–H and O–H groups in total. The molecule has 2 aromatic heterocycles. The van der Waals surface area contributed by atoms with Gasteiger partial charge in [0.2, 0.25) is 5.95 Å². The lowest BCUT2D eigenvalue weighted by Crippen LogP contribution is -2.23. The summed E-state index contributed by atoms with van der Waals surface area (Å²) in [4.78, 5) is 11.0. The highest BCUT2D eigenvalue weighted by atomic mass is 79.9. The van der Waals surface area contributed by atoms with Crippen molar-refractivity contribution in [3.63, 3.8) is 0 Å². The quantitative estimate of drug-likeness (QED) is 0.853. The lowest BCUT2D eigenvalue weighted by Gasteiger charge is -2.16. The number of aryl methyl sites for hydroxylation is 1. The molecule has 5 nitrogen and oxygen atoms in total. The molecule has 0 aromatic carbocycles. The lowest BCUT2D eigenvalue weighted by molar-refractivity contribution is 0.494. The highest BCUT2D eigenvalue weighted by molar-refractivity contribution is 9.10. The second-order valence-corrected chi connectivity index (χ2v) is 5.44. The monoisotopic (exact) mass is 307 g/mol. The van der Waals surface area contributed by atoms with Crippen LogP contribution in [-0.4, -0.2) is 32.8 Å². The Kier molecular flexibility index (Phi) is 3.03. The molecule has 2 aromatic rings. The van der Waals surface area contributed by atoms with E-state index in [0.717, 1.165) is 35.6 Å². The molecule has 1 aliphatic heterocycles. The summed E-state index contributed by atoms with van der Waals surface area (Å²) >= 11 is 3.43. The summed E-state index contributed by atoms with van der Waals surface area (Å²) in [5, 5.41) is 4.35. The van der Waals surface area contributed by atoms with E-state index in [1.54, 1.807) is 0 Å². The minimum atomic E-state index is 0.403. The highest BCUT2D eigenvalue weighted by Crippen LogP contribution is 2.25. The van der Waals surface area contributed by atoms with Crippen LogP contribution in [0.5, 0.6) is 0 Å². The zero-order valence-corrected chi connectivity index (χ0v) is 11.7. The Balaban J connectivity index is 1.75. The van der Waals surface area contributed by atoms with E-state index in [0.29, 0.717) is 6.04 Å². The van der Waals surface area contributed by atoms with E-state index in [9.17, 15) is 0 Å². The smallest absolute Gasteiger partial charge is 0.225 e. The van der Waals surface area contributed by atoms with Crippen LogP contribution in [0.3, 0.4) is 0 Å². The summed E-state index contributed by atoms with van der Waals surface area (Å²) in [5.74, 6) is 0.823. The summed E-state index contributed by atoms with van der Waals surface area (Å²) in [6, 6.07) is 2.32. The SMILES string of the molecule is Cc1ccnc(N2CCC(n3cc(Br)cn3)C2)n1. The molecule has 1 saturated heterocycles. The average Bonchev–Trinajstić information content (AvgIpc) is 2.97. The molecule has 94 valence electrons. The Morgan fingerprint density at radius 3 is 3.06 bits per heavy atom. The van der Waals surface area contributed by atoms with E-state index in [1.807, 2.05) is 36.3 Å². The Labute approximate surface area is 114 Å². The number of halogens is 1. The van der Waals surface area contributed by atoms with Gasteiger partial charge >= 0.3 is 0 Å². The van der Waals surface area contributed by atoms with Gasteiger partial charge < -0.3 is 4.90 Å². The Morgan fingerprint density at radius 2 is 2.33 bits per heavy atom. The standard InChI is InChI=1S/C12H14BrN5/c1-9-2-4-14-12(16-9)17-5-3-11(8-17)18-7-10(13)6-15-18/h2,4,6-7,11H,3,5,8H2,1H3. The van der Waals surface area contributed by atoms with E-state index in [-0.39, 0.29) is 0 Å². The third-order valence-corrected chi connectivity index (χ3v) is 3.58. The predicted molar refractivity (Wildman–Crippen MR) is 72.6 cm³/mol. The van der Waals surface area contributed by atoms with E-state index in [2.05, 4.69) is 35.9 Å². The molecule has 0 saturated carbocycles. The van der Waals surface area contributed by atoms with Gasteiger partial charge in [-0.1, -0.05) is 0 Å². The molecular weight excluding hydrogens is 294 g/mol. The Hall–Kier alpha value is -1.43. The lowest BCUT2D eigenvalue weighted by atomic mass is 10.3. The number of aromatic nitrogens is 4. The summed E-state index contributed by atoms with van der Waals surface area (Å²) in [6.07, 6.45) is 6.73. The molecule has 1 unspecified atom stereocenters. The van der Waals surface area contributed by atoms with Crippen LogP contribution in [-0.2, 0) is 0 Å². The summed E-state index contributed by atoms with van der Waals surface area (Å²) in [6.45, 7) is 3.88. The number of nitrogens with zero attached hydrogens (tertiary/aromatic N) is 5. The summed E-state index contributed by atoms with van der Waals surface area (Å²) < 4.78 is 3.03. The van der Waals surface area contributed by atoms with E-state index in [4.69, 9.17) is 0 Å². The van der Waals surface area contributed by atoms with E-state index >= 15 is 0 Å². The largest absolute Gasteiger partial charge is 0.339 e. The first-order valence-corrected chi connectivity index (χ1v) is 6.76. The molecule has 1 aliphatic rings. The van der Waals surface area contributed by atoms with Crippen molar-refractivity contribution >= 4 is 21.9 Å². The first-order valence-electron chi connectivity index (χ1n) is 5.96. The fraction of sp³-hybridized carbons (Fsp3) is 0.417. The van der Waals surface area contributed by atoms with Gasteiger partial charge in [-0.15, -0.1) is 0 Å². The fourth-order valence-corrected chi connectivity index (χ4v) is 2.54. The van der Waals surface area contributed by atoms with Crippen molar-refractivity contribution in [2.45, 2.75) is 19.4 Å². The summed E-state index contributed by atoms with van der Waals surface area (Å²) in [5.41, 5.74) is 1.00. The molecule has 0 radical (unpaired) electrons. The predicted octanol–water partition coefficient (Wildman–Crippen LogP) is 2.20. The molecule has 3 heterocycles. The van der Waals surface area contributed by atoms with Crippen molar-refractivity contribution in [2.75, 3.05) is 18.0 Å². The minimum Gasteiger partial charge on any atom is -0.339 e. The van der Waals surface area contributed by atoms with Crippen LogP contribution in [0.4, 0.5) is 5.95 Å². The normalized spacial score (nSPS) is 19.4. The van der Waals surface area contributed by atoms with Gasteiger partial charge in [-0.25, -0.2) is 9.97 Å². The van der Waals surface area contributed by atoms with E-state index < -0.39 is 0 Å². The average molecular weight is 308 g/mol. The third-order valence-electron chi connectivity index (χ3n) is 3.17. The Bertz CT molecular complexity index is 553. The maximum absolute atomic E-state index is 4.46. The molecule has 0 aliphatic carbocycles. The van der Waals surface area contributed by atoms with Crippen molar-refractivity contribution in [3.05, 3.63) is 34.8 Å². The molecule has 1 atom stereocenters. The molecular formula is C12H14BrN5. The highest BCUT2D eigenvalue weighted by Gasteiger charge is 2.26. The van der Waals surface area contributed by atoms with Crippen LogP contribution in [0.1, 0.15) is 18.2 Å². The van der Waals surface area contributed by atoms with Crippen LogP contribution < -0.4 is 4.90 Å². The number of hydrogen-bond acceptors (Lipinski definition) is 4. The van der Waals surface area contributed by atoms with E-state index in [1.165, 1.54) is 0 Å². The second-order valence-electron chi connectivity index (χ2n) is 4.53. The molecule has 3 rings (SSSR count). The first-order chi connectivity index (χ1) is 8.72. The van der Waals surface area contributed by atoms with Gasteiger partial charge in [-0.3, -0.25) is 4.68 Å². The van der Waals surface area contributed by atoms with Gasteiger partial charge in [0.1, 0.15) is 0 Å². The number of hydrogen-bond donors (Lipinski definition) is 0. The topological polar surface area (TPSA) is 46.8 Å². The van der Waals surface area contributed by atoms with Crippen LogP contribution >= 0.6 is 15.9 Å². The molecule has 0 bridgehead atoms. The van der Waals surface area contributed by atoms with Crippen LogP contribution in [0.15, 0.2) is 29.1 Å². The molecule has 1 fully saturated rings. The van der Waals surface area contributed by atoms with Crippen molar-refractivity contribution in [1.82, 2.24) is 19.7 Å². The number of rotatable bonds is 2.